The van der Waals surface area contributed by atoms with Gasteiger partial charge in [-0.2, -0.15) is 0 Å². The minimum Gasteiger partial charge on any atom is -0.465 e. The molecule has 2 unspecified atom stereocenters. The number of amidine groups is 1. The molecule has 134 valence electrons. The molecule has 0 saturated carbocycles. The summed E-state index contributed by atoms with van der Waals surface area (Å²) in [5.74, 6) is 0.0166. The van der Waals surface area contributed by atoms with Gasteiger partial charge in [0.15, 0.2) is 0 Å². The Morgan fingerprint density at radius 2 is 1.69 bits per heavy atom. The molecule has 1 heterocycles. The summed E-state index contributed by atoms with van der Waals surface area (Å²) >= 11 is 0. The number of benzene rings is 2. The number of carbonyl (C=O) groups excluding carboxylic acids is 1. The van der Waals surface area contributed by atoms with E-state index in [-0.39, 0.29) is 12.4 Å². The quantitative estimate of drug-likeness (QED) is 0.836. The number of hydrogen-bond acceptors (Lipinski definition) is 5. The first kappa shape index (κ1) is 17.7. The number of nitrogens with two attached hydrogens (primary N) is 1. The van der Waals surface area contributed by atoms with Crippen molar-refractivity contribution in [1.29, 1.82) is 0 Å². The molecule has 0 spiro atoms. The van der Waals surface area contributed by atoms with Crippen molar-refractivity contribution in [3.05, 3.63) is 77.7 Å². The van der Waals surface area contributed by atoms with E-state index in [9.17, 15) is 4.79 Å². The Balaban J connectivity index is 2.08. The largest absolute Gasteiger partial charge is 0.465 e. The Morgan fingerprint density at radius 3 is 2.31 bits per heavy atom. The summed E-state index contributed by atoms with van der Waals surface area (Å²) in [6, 6.07) is 19.1. The molecule has 3 rings (SSSR count). The second kappa shape index (κ2) is 7.87. The van der Waals surface area contributed by atoms with E-state index in [1.54, 1.807) is 6.92 Å². The third-order valence-corrected chi connectivity index (χ3v) is 4.26. The fourth-order valence-electron chi connectivity index (χ4n) is 3.11. The Bertz CT molecular complexity index is 829. The molecule has 0 amide bonds. The molecule has 1 aliphatic rings. The molecular weight excluding hydrogens is 328 g/mol. The van der Waals surface area contributed by atoms with E-state index in [0.717, 1.165) is 5.56 Å². The van der Waals surface area contributed by atoms with Gasteiger partial charge in [0, 0.05) is 0 Å². The van der Waals surface area contributed by atoms with Crippen molar-refractivity contribution in [1.82, 2.24) is 0 Å². The van der Waals surface area contributed by atoms with E-state index in [2.05, 4.69) is 4.99 Å². The number of carbonyl (C=O) groups is 1. The molecule has 0 aliphatic carbocycles. The Hall–Kier alpha value is -3.08. The van der Waals surface area contributed by atoms with Crippen LogP contribution in [0.2, 0.25) is 0 Å². The van der Waals surface area contributed by atoms with Crippen LogP contribution in [0.15, 0.2) is 77.1 Å². The van der Waals surface area contributed by atoms with Gasteiger partial charge in [0.25, 0.3) is 0 Å². The van der Waals surface area contributed by atoms with Gasteiger partial charge < -0.3 is 15.2 Å². The third kappa shape index (κ3) is 3.61. The molecule has 1 aliphatic heterocycles. The van der Waals surface area contributed by atoms with Crippen molar-refractivity contribution in [2.75, 3.05) is 6.61 Å². The van der Waals surface area contributed by atoms with E-state index < -0.39 is 17.8 Å². The van der Waals surface area contributed by atoms with Crippen LogP contribution in [0.4, 0.5) is 0 Å². The summed E-state index contributed by atoms with van der Waals surface area (Å²) in [5, 5.41) is 0. The number of rotatable bonds is 5. The first-order valence-corrected chi connectivity index (χ1v) is 8.61. The van der Waals surface area contributed by atoms with Gasteiger partial charge in [-0.3, -0.25) is 4.79 Å². The van der Waals surface area contributed by atoms with Crippen LogP contribution in [0.5, 0.6) is 5.75 Å². The molecule has 0 bridgehead atoms. The topological polar surface area (TPSA) is 73.9 Å². The van der Waals surface area contributed by atoms with Crippen LogP contribution in [0.25, 0.3) is 0 Å². The van der Waals surface area contributed by atoms with Gasteiger partial charge in [0.05, 0.1) is 18.2 Å². The lowest BCUT2D eigenvalue weighted by atomic mass is 9.81. The Labute approximate surface area is 153 Å². The Morgan fingerprint density at radius 1 is 1.08 bits per heavy atom. The molecule has 2 aromatic rings. The lowest BCUT2D eigenvalue weighted by Crippen LogP contribution is -2.40. The highest BCUT2D eigenvalue weighted by Gasteiger charge is 2.41. The summed E-state index contributed by atoms with van der Waals surface area (Å²) in [7, 11) is 0. The fourth-order valence-corrected chi connectivity index (χ4v) is 3.11. The highest BCUT2D eigenvalue weighted by molar-refractivity contribution is 6.02. The van der Waals surface area contributed by atoms with Crippen molar-refractivity contribution in [3.63, 3.8) is 0 Å². The zero-order valence-corrected chi connectivity index (χ0v) is 14.9. The van der Waals surface area contributed by atoms with Crippen LogP contribution >= 0.6 is 0 Å². The van der Waals surface area contributed by atoms with E-state index in [0.29, 0.717) is 17.2 Å². The smallest absolute Gasteiger partial charge is 0.317 e. The molecule has 0 saturated heterocycles. The highest BCUT2D eigenvalue weighted by atomic mass is 16.5. The SMILES string of the molecule is CCOC(=O)C1C(N)=NC(C)=C(Oc2ccccc2)C1c1ccccc1. The lowest BCUT2D eigenvalue weighted by Gasteiger charge is -2.31. The predicted octanol–water partition coefficient (Wildman–Crippen LogP) is 3.63. The van der Waals surface area contributed by atoms with Gasteiger partial charge in [-0.05, 0) is 31.5 Å². The minimum absolute atomic E-state index is 0.246. The van der Waals surface area contributed by atoms with Crippen LogP contribution < -0.4 is 10.5 Å². The maximum Gasteiger partial charge on any atom is 0.317 e. The maximum atomic E-state index is 12.6. The first-order chi connectivity index (χ1) is 12.6. The van der Waals surface area contributed by atoms with Crippen LogP contribution in [0.1, 0.15) is 25.3 Å². The number of hydrogen-bond donors (Lipinski definition) is 1. The molecule has 2 atom stereocenters. The van der Waals surface area contributed by atoms with E-state index in [1.807, 2.05) is 67.6 Å². The lowest BCUT2D eigenvalue weighted by molar-refractivity contribution is -0.146. The van der Waals surface area contributed by atoms with Crippen molar-refractivity contribution in [3.8, 4) is 5.75 Å². The maximum absolute atomic E-state index is 12.6. The van der Waals surface area contributed by atoms with Gasteiger partial charge >= 0.3 is 5.97 Å². The van der Waals surface area contributed by atoms with Gasteiger partial charge in [-0.15, -0.1) is 0 Å². The average molecular weight is 350 g/mol. The molecule has 2 N–H and O–H groups in total. The highest BCUT2D eigenvalue weighted by Crippen LogP contribution is 2.39. The minimum atomic E-state index is -0.722. The number of esters is 1. The summed E-state index contributed by atoms with van der Waals surface area (Å²) in [6.07, 6.45) is 0. The van der Waals surface area contributed by atoms with Crippen molar-refractivity contribution in [2.45, 2.75) is 19.8 Å². The number of para-hydroxylation sites is 1. The van der Waals surface area contributed by atoms with Crippen LogP contribution in [-0.2, 0) is 9.53 Å². The molecule has 26 heavy (non-hydrogen) atoms. The van der Waals surface area contributed by atoms with E-state index in [1.165, 1.54) is 0 Å². The zero-order chi connectivity index (χ0) is 18.5. The normalized spacial score (nSPS) is 19.7. The van der Waals surface area contributed by atoms with Crippen molar-refractivity contribution >= 4 is 11.8 Å². The van der Waals surface area contributed by atoms with Gasteiger partial charge in [-0.1, -0.05) is 48.5 Å². The van der Waals surface area contributed by atoms with Crippen molar-refractivity contribution in [2.24, 2.45) is 16.6 Å². The van der Waals surface area contributed by atoms with Gasteiger partial charge in [0.2, 0.25) is 0 Å². The molecule has 0 aromatic heterocycles. The molecule has 0 radical (unpaired) electrons. The van der Waals surface area contributed by atoms with Gasteiger partial charge in [0.1, 0.15) is 23.3 Å². The summed E-state index contributed by atoms with van der Waals surface area (Å²) < 4.78 is 11.4. The Kier molecular flexibility index (Phi) is 5.37. The monoisotopic (exact) mass is 350 g/mol. The predicted molar refractivity (Wildman–Crippen MR) is 101 cm³/mol. The van der Waals surface area contributed by atoms with Gasteiger partial charge in [-0.25, -0.2) is 4.99 Å². The third-order valence-electron chi connectivity index (χ3n) is 4.26. The van der Waals surface area contributed by atoms with Crippen LogP contribution in [-0.4, -0.2) is 18.4 Å². The average Bonchev–Trinajstić information content (AvgIpc) is 2.65. The van der Waals surface area contributed by atoms with Crippen molar-refractivity contribution < 1.29 is 14.3 Å². The van der Waals surface area contributed by atoms with Crippen LogP contribution in [0.3, 0.4) is 0 Å². The fraction of sp³-hybridized carbons (Fsp3) is 0.238. The summed E-state index contributed by atoms with van der Waals surface area (Å²) in [5.41, 5.74) is 7.72. The van der Waals surface area contributed by atoms with E-state index >= 15 is 0 Å². The van der Waals surface area contributed by atoms with Crippen LogP contribution in [0, 0.1) is 5.92 Å². The second-order valence-electron chi connectivity index (χ2n) is 6.02. The molecule has 5 heteroatoms. The first-order valence-electron chi connectivity index (χ1n) is 8.61. The number of aliphatic imine (C=N–C) groups is 1. The molecule has 0 fully saturated rings. The number of ether oxygens (including phenoxy) is 2. The number of nitrogens with zero attached hydrogens (tertiary/aromatic N) is 1. The molecule has 5 nitrogen and oxygen atoms in total. The molecular formula is C21H22N2O3. The summed E-state index contributed by atoms with van der Waals surface area (Å²) in [4.78, 5) is 17.0. The standard InChI is InChI=1S/C21H22N2O3/c1-3-25-21(24)18-17(15-10-6-4-7-11-15)19(14(2)23-20(18)22)26-16-12-8-5-9-13-16/h4-13,17-18H,3H2,1-2H3,(H2,22,23). The number of allylic oxidation sites excluding steroid dienone is 2. The zero-order valence-electron chi connectivity index (χ0n) is 14.9. The molecule has 2 aromatic carbocycles. The van der Waals surface area contributed by atoms with E-state index in [4.69, 9.17) is 15.2 Å². The second-order valence-corrected chi connectivity index (χ2v) is 6.02. The summed E-state index contributed by atoms with van der Waals surface area (Å²) in [6.45, 7) is 3.89.